The van der Waals surface area contributed by atoms with Crippen molar-refractivity contribution in [3.63, 3.8) is 0 Å². The third-order valence-electron chi connectivity index (χ3n) is 4.43. The third kappa shape index (κ3) is 4.54. The summed E-state index contributed by atoms with van der Waals surface area (Å²) in [7, 11) is -2.93. The van der Waals surface area contributed by atoms with Gasteiger partial charge in [-0.2, -0.15) is 23.3 Å². The lowest BCUT2D eigenvalue weighted by atomic mass is 10.2. The second-order valence-electron chi connectivity index (χ2n) is 6.78. The Hall–Kier alpha value is -3.54. The molecule has 0 N–H and O–H groups in total. The molecule has 2 aromatic carbocycles. The highest BCUT2D eigenvalue weighted by Crippen LogP contribution is 2.29. The van der Waals surface area contributed by atoms with Crippen LogP contribution in [0.4, 0.5) is 17.6 Å². The van der Waals surface area contributed by atoms with Crippen molar-refractivity contribution in [1.29, 1.82) is 0 Å². The predicted molar refractivity (Wildman–Crippen MR) is 107 cm³/mol. The minimum absolute atomic E-state index is 0.0399. The number of alkyl halides is 3. The molecular weight excluding hydrogens is 450 g/mol. The lowest BCUT2D eigenvalue weighted by Crippen LogP contribution is -2.04. The van der Waals surface area contributed by atoms with Gasteiger partial charge in [-0.15, -0.1) is 0 Å². The first kappa shape index (κ1) is 21.7. The maximum Gasteiger partial charge on any atom is 0.471 e. The summed E-state index contributed by atoms with van der Waals surface area (Å²) in [5, 5.41) is 7.55. The molecule has 4 rings (SSSR count). The van der Waals surface area contributed by atoms with E-state index in [1.807, 2.05) is 0 Å². The number of benzene rings is 2. The zero-order chi connectivity index (χ0) is 22.9. The van der Waals surface area contributed by atoms with Gasteiger partial charge in [-0.25, -0.2) is 17.6 Å². The summed E-state index contributed by atoms with van der Waals surface area (Å²) in [6.45, 7) is 0.0603. The van der Waals surface area contributed by atoms with Crippen LogP contribution >= 0.6 is 0 Å². The predicted octanol–water partition coefficient (Wildman–Crippen LogP) is 4.74. The molecule has 1 atom stereocenters. The Morgan fingerprint density at radius 3 is 2.50 bits per heavy atom. The zero-order valence-electron chi connectivity index (χ0n) is 16.5. The Kier molecular flexibility index (Phi) is 5.55. The van der Waals surface area contributed by atoms with Gasteiger partial charge in [-0.05, 0) is 36.4 Å². The molecule has 0 saturated carbocycles. The molecule has 4 aromatic rings. The van der Waals surface area contributed by atoms with E-state index in [2.05, 4.69) is 24.1 Å². The van der Waals surface area contributed by atoms with Crippen molar-refractivity contribution in [2.24, 2.45) is 4.36 Å². The van der Waals surface area contributed by atoms with Crippen LogP contribution in [0.5, 0.6) is 0 Å². The molecule has 1 unspecified atom stereocenters. The van der Waals surface area contributed by atoms with E-state index in [0.29, 0.717) is 16.8 Å². The Morgan fingerprint density at radius 1 is 1.12 bits per heavy atom. The first-order chi connectivity index (χ1) is 15.1. The number of nitrogens with zero attached hydrogens (tertiary/aromatic N) is 5. The zero-order valence-corrected chi connectivity index (χ0v) is 17.3. The number of hydrogen-bond donors (Lipinski definition) is 0. The molecule has 166 valence electrons. The van der Waals surface area contributed by atoms with Gasteiger partial charge >= 0.3 is 12.1 Å². The monoisotopic (exact) mass is 465 g/mol. The van der Waals surface area contributed by atoms with Crippen molar-refractivity contribution in [2.75, 3.05) is 6.26 Å². The molecule has 2 heterocycles. The van der Waals surface area contributed by atoms with Gasteiger partial charge < -0.3 is 4.52 Å². The number of hydrogen-bond acceptors (Lipinski definition) is 6. The van der Waals surface area contributed by atoms with Crippen LogP contribution in [0.3, 0.4) is 0 Å². The Balaban J connectivity index is 1.51. The fraction of sp³-hybridized carbons (Fsp3) is 0.150. The van der Waals surface area contributed by atoms with Crippen LogP contribution < -0.4 is 0 Å². The molecule has 0 fully saturated rings. The highest BCUT2D eigenvalue weighted by Gasteiger charge is 2.38. The van der Waals surface area contributed by atoms with Gasteiger partial charge in [-0.3, -0.25) is 0 Å². The van der Waals surface area contributed by atoms with Crippen LogP contribution in [0.2, 0.25) is 0 Å². The van der Waals surface area contributed by atoms with Gasteiger partial charge in [0.05, 0.1) is 33.1 Å². The lowest BCUT2D eigenvalue weighted by molar-refractivity contribution is -0.159. The maximum atomic E-state index is 13.9. The minimum atomic E-state index is -4.71. The van der Waals surface area contributed by atoms with Crippen LogP contribution in [-0.2, 0) is 22.5 Å². The highest BCUT2D eigenvalue weighted by molar-refractivity contribution is 7.93. The first-order valence-electron chi connectivity index (χ1n) is 9.11. The normalized spacial score (nSPS) is 13.7. The van der Waals surface area contributed by atoms with Gasteiger partial charge in [0.15, 0.2) is 0 Å². The van der Waals surface area contributed by atoms with Crippen molar-refractivity contribution in [3.05, 3.63) is 78.2 Å². The molecule has 0 aliphatic carbocycles. The van der Waals surface area contributed by atoms with Gasteiger partial charge in [0.25, 0.3) is 0 Å². The Labute approximate surface area is 179 Å². The Bertz CT molecular complexity index is 1370. The quantitative estimate of drug-likeness (QED) is 0.398. The van der Waals surface area contributed by atoms with Gasteiger partial charge in [0.2, 0.25) is 5.82 Å². The second-order valence-corrected chi connectivity index (χ2v) is 9.08. The van der Waals surface area contributed by atoms with Gasteiger partial charge in [0, 0.05) is 23.6 Å². The molecule has 0 amide bonds. The second kappa shape index (κ2) is 8.19. The van der Waals surface area contributed by atoms with E-state index in [4.69, 9.17) is 0 Å². The van der Waals surface area contributed by atoms with Crippen LogP contribution in [0.15, 0.2) is 74.7 Å². The smallest absolute Gasteiger partial charge is 0.329 e. The molecule has 32 heavy (non-hydrogen) atoms. The number of halogens is 4. The van der Waals surface area contributed by atoms with Gasteiger partial charge in [0.1, 0.15) is 5.82 Å². The van der Waals surface area contributed by atoms with E-state index in [1.54, 1.807) is 24.4 Å². The summed E-state index contributed by atoms with van der Waals surface area (Å²) in [6, 6.07) is 12.1. The van der Waals surface area contributed by atoms with Crippen LogP contribution in [-0.4, -0.2) is 30.4 Å². The standard InChI is InChI=1S/C20H15F4N5O2S/c1-32(30,17-5-3-2-4-16(17)21)26-11-13-10-25-29(12-13)15-8-6-14(7-9-15)18-27-19(31-28-18)20(22,23)24/h2-10,12H,11H2,1H3. The Morgan fingerprint density at radius 2 is 1.84 bits per heavy atom. The summed E-state index contributed by atoms with van der Waals surface area (Å²) in [5.41, 5.74) is 1.60. The van der Waals surface area contributed by atoms with Crippen molar-refractivity contribution in [3.8, 4) is 17.1 Å². The molecule has 0 saturated heterocycles. The molecule has 0 aliphatic heterocycles. The van der Waals surface area contributed by atoms with E-state index in [0.717, 1.165) is 0 Å². The van der Waals surface area contributed by atoms with E-state index in [9.17, 15) is 21.8 Å². The fourth-order valence-electron chi connectivity index (χ4n) is 2.82. The van der Waals surface area contributed by atoms with E-state index in [-0.39, 0.29) is 17.3 Å². The van der Waals surface area contributed by atoms with Crippen LogP contribution in [0, 0.1) is 5.82 Å². The number of rotatable bonds is 5. The summed E-state index contributed by atoms with van der Waals surface area (Å²) < 4.78 is 74.4. The lowest BCUT2D eigenvalue weighted by Gasteiger charge is -2.05. The fourth-order valence-corrected chi connectivity index (χ4v) is 4.12. The SMILES string of the molecule is CS(=O)(=NCc1cnn(-c2ccc(-c3noc(C(F)(F)F)n3)cc2)c1)c1ccccc1F. The van der Waals surface area contributed by atoms with E-state index >= 15 is 0 Å². The van der Waals surface area contributed by atoms with Crippen LogP contribution in [0.1, 0.15) is 11.5 Å². The molecule has 0 bridgehead atoms. The van der Waals surface area contributed by atoms with E-state index in [1.165, 1.54) is 47.5 Å². The average Bonchev–Trinajstić information content (AvgIpc) is 3.43. The molecule has 0 aliphatic rings. The molecule has 0 radical (unpaired) electrons. The minimum Gasteiger partial charge on any atom is -0.329 e. The molecular formula is C20H15F4N5O2S. The van der Waals surface area contributed by atoms with Crippen molar-refractivity contribution < 1.29 is 26.3 Å². The van der Waals surface area contributed by atoms with Crippen molar-refractivity contribution in [2.45, 2.75) is 17.6 Å². The third-order valence-corrected chi connectivity index (χ3v) is 6.20. The van der Waals surface area contributed by atoms with E-state index < -0.39 is 27.6 Å². The maximum absolute atomic E-state index is 13.9. The summed E-state index contributed by atoms with van der Waals surface area (Å²) >= 11 is 0. The molecule has 2 aromatic heterocycles. The van der Waals surface area contributed by atoms with Crippen LogP contribution in [0.25, 0.3) is 17.1 Å². The van der Waals surface area contributed by atoms with Crippen molar-refractivity contribution in [1.82, 2.24) is 19.9 Å². The molecule has 0 spiro atoms. The van der Waals surface area contributed by atoms with Gasteiger partial charge in [-0.1, -0.05) is 17.3 Å². The first-order valence-corrected chi connectivity index (χ1v) is 11.0. The molecule has 12 heteroatoms. The summed E-state index contributed by atoms with van der Waals surface area (Å²) in [5.74, 6) is -2.18. The largest absolute Gasteiger partial charge is 0.471 e. The average molecular weight is 465 g/mol. The molecule has 7 nitrogen and oxygen atoms in total. The summed E-state index contributed by atoms with van der Waals surface area (Å²) in [6.07, 6.45) is -0.152. The van der Waals surface area contributed by atoms with Crippen molar-refractivity contribution >= 4 is 9.73 Å². The summed E-state index contributed by atoms with van der Waals surface area (Å²) in [4.78, 5) is 3.39. The highest BCUT2D eigenvalue weighted by atomic mass is 32.2. The number of aromatic nitrogens is 4. The topological polar surface area (TPSA) is 86.2 Å².